The molecule has 0 radical (unpaired) electrons. The van der Waals surface area contributed by atoms with Crippen LogP contribution in [0.3, 0.4) is 0 Å². The number of ether oxygens (including phenoxy) is 2. The summed E-state index contributed by atoms with van der Waals surface area (Å²) in [7, 11) is 0. The van der Waals surface area contributed by atoms with E-state index in [0.29, 0.717) is 39.4 Å². The summed E-state index contributed by atoms with van der Waals surface area (Å²) >= 11 is 0. The van der Waals surface area contributed by atoms with E-state index >= 15 is 0 Å². The molecule has 0 aromatic heterocycles. The van der Waals surface area contributed by atoms with Crippen LogP contribution in [0.15, 0.2) is 0 Å². The average Bonchev–Trinajstić information content (AvgIpc) is 2.32. The number of carbonyl (C=O) groups excluding carboxylic acids is 2. The largest absolute Gasteiger partial charge is 0.369 e. The number of rotatable bonds is 0. The molecule has 1 aliphatic heterocycles. The molecule has 0 aromatic carbocycles. The fraction of sp³-hybridized carbons (Fsp3) is 0.800. The Balaban J connectivity index is 2.23. The van der Waals surface area contributed by atoms with Crippen LogP contribution in [0.2, 0.25) is 0 Å². The lowest BCUT2D eigenvalue weighted by atomic mass is 10.5. The standard InChI is InChI=1S/C10H19N3O4/c14-9-7-16-5-6-17-8-10(15)13-4-2-11-1-3-12-9/h11H,1-8H2,(H,12,14)(H,13,15). The summed E-state index contributed by atoms with van der Waals surface area (Å²) in [5.74, 6) is -0.285. The molecule has 1 fully saturated rings. The van der Waals surface area contributed by atoms with Crippen molar-refractivity contribution in [3.8, 4) is 0 Å². The molecule has 98 valence electrons. The van der Waals surface area contributed by atoms with Crippen molar-refractivity contribution in [3.63, 3.8) is 0 Å². The monoisotopic (exact) mass is 245 g/mol. The van der Waals surface area contributed by atoms with Gasteiger partial charge in [-0.2, -0.15) is 0 Å². The molecule has 0 saturated carbocycles. The van der Waals surface area contributed by atoms with Crippen molar-refractivity contribution in [1.29, 1.82) is 0 Å². The Morgan fingerprint density at radius 2 is 1.24 bits per heavy atom. The van der Waals surface area contributed by atoms with Gasteiger partial charge in [-0.05, 0) is 0 Å². The van der Waals surface area contributed by atoms with E-state index in [0.717, 1.165) is 0 Å². The maximum absolute atomic E-state index is 11.2. The lowest BCUT2D eigenvalue weighted by Gasteiger charge is -2.06. The summed E-state index contributed by atoms with van der Waals surface area (Å²) in [6.07, 6.45) is 0. The Bertz CT molecular complexity index is 224. The molecule has 1 aliphatic rings. The zero-order valence-corrected chi connectivity index (χ0v) is 9.79. The van der Waals surface area contributed by atoms with E-state index in [-0.39, 0.29) is 25.0 Å². The highest BCUT2D eigenvalue weighted by Crippen LogP contribution is 1.80. The van der Waals surface area contributed by atoms with Gasteiger partial charge in [-0.25, -0.2) is 0 Å². The normalized spacial score (nSPS) is 21.9. The van der Waals surface area contributed by atoms with Crippen LogP contribution >= 0.6 is 0 Å². The van der Waals surface area contributed by atoms with Crippen LogP contribution in [0.1, 0.15) is 0 Å². The molecule has 7 nitrogen and oxygen atoms in total. The highest BCUT2D eigenvalue weighted by Gasteiger charge is 2.03. The third-order valence-corrected chi connectivity index (χ3v) is 2.09. The van der Waals surface area contributed by atoms with Crippen molar-refractivity contribution in [2.24, 2.45) is 0 Å². The van der Waals surface area contributed by atoms with Crippen LogP contribution in [0, 0.1) is 0 Å². The molecular weight excluding hydrogens is 226 g/mol. The molecule has 1 saturated heterocycles. The van der Waals surface area contributed by atoms with E-state index in [1.165, 1.54) is 0 Å². The van der Waals surface area contributed by atoms with Crippen LogP contribution in [0.4, 0.5) is 0 Å². The predicted molar refractivity (Wildman–Crippen MR) is 60.5 cm³/mol. The smallest absolute Gasteiger partial charge is 0.246 e. The molecular formula is C10H19N3O4. The maximum atomic E-state index is 11.2. The molecule has 7 heteroatoms. The SMILES string of the molecule is O=C1COCCOCC(=O)NCCNCCN1. The quantitative estimate of drug-likeness (QED) is 0.453. The zero-order valence-electron chi connectivity index (χ0n) is 9.79. The first-order valence-corrected chi connectivity index (χ1v) is 5.68. The number of amides is 2. The van der Waals surface area contributed by atoms with E-state index in [4.69, 9.17) is 9.47 Å². The summed E-state index contributed by atoms with van der Waals surface area (Å²) in [5, 5.41) is 8.50. The Morgan fingerprint density at radius 3 is 1.71 bits per heavy atom. The molecule has 0 aliphatic carbocycles. The third-order valence-electron chi connectivity index (χ3n) is 2.09. The molecule has 0 spiro atoms. The summed E-state index contributed by atoms with van der Waals surface area (Å²) in [6, 6.07) is 0. The van der Waals surface area contributed by atoms with E-state index in [9.17, 15) is 9.59 Å². The van der Waals surface area contributed by atoms with Crippen molar-refractivity contribution < 1.29 is 19.1 Å². The van der Waals surface area contributed by atoms with Gasteiger partial charge in [0.25, 0.3) is 0 Å². The molecule has 3 N–H and O–H groups in total. The van der Waals surface area contributed by atoms with Gasteiger partial charge in [0, 0.05) is 26.2 Å². The molecule has 1 rings (SSSR count). The second-order valence-corrected chi connectivity index (χ2v) is 3.56. The highest BCUT2D eigenvalue weighted by molar-refractivity contribution is 5.77. The molecule has 2 amide bonds. The van der Waals surface area contributed by atoms with Crippen LogP contribution < -0.4 is 16.0 Å². The van der Waals surface area contributed by atoms with Gasteiger partial charge in [-0.1, -0.05) is 0 Å². The fourth-order valence-electron chi connectivity index (χ4n) is 1.26. The van der Waals surface area contributed by atoms with Gasteiger partial charge in [0.15, 0.2) is 0 Å². The number of hydrogen-bond acceptors (Lipinski definition) is 5. The number of hydrogen-bond donors (Lipinski definition) is 3. The third kappa shape index (κ3) is 7.67. The Morgan fingerprint density at radius 1 is 0.765 bits per heavy atom. The molecule has 0 unspecified atom stereocenters. The van der Waals surface area contributed by atoms with E-state index < -0.39 is 0 Å². The predicted octanol–water partition coefficient (Wildman–Crippen LogP) is -2.14. The van der Waals surface area contributed by atoms with E-state index in [1.54, 1.807) is 0 Å². The summed E-state index contributed by atoms with van der Waals surface area (Å²) in [6.45, 7) is 3.08. The molecule has 0 aromatic rings. The van der Waals surface area contributed by atoms with Crippen LogP contribution in [-0.2, 0) is 19.1 Å². The first-order chi connectivity index (χ1) is 8.29. The van der Waals surface area contributed by atoms with Gasteiger partial charge in [0.1, 0.15) is 13.2 Å². The van der Waals surface area contributed by atoms with Gasteiger partial charge in [-0.3, -0.25) is 9.59 Å². The maximum Gasteiger partial charge on any atom is 0.246 e. The first kappa shape index (κ1) is 13.9. The van der Waals surface area contributed by atoms with Gasteiger partial charge in [0.05, 0.1) is 13.2 Å². The summed E-state index contributed by atoms with van der Waals surface area (Å²) in [5.41, 5.74) is 0. The molecule has 17 heavy (non-hydrogen) atoms. The number of carbonyl (C=O) groups is 2. The molecule has 1 heterocycles. The molecule has 0 bridgehead atoms. The van der Waals surface area contributed by atoms with Crippen molar-refractivity contribution in [2.45, 2.75) is 0 Å². The minimum Gasteiger partial charge on any atom is -0.369 e. The summed E-state index contributed by atoms with van der Waals surface area (Å²) in [4.78, 5) is 22.4. The topological polar surface area (TPSA) is 88.7 Å². The van der Waals surface area contributed by atoms with Crippen molar-refractivity contribution in [1.82, 2.24) is 16.0 Å². The first-order valence-electron chi connectivity index (χ1n) is 5.68. The number of nitrogens with one attached hydrogen (secondary N) is 3. The highest BCUT2D eigenvalue weighted by atomic mass is 16.5. The Kier molecular flexibility index (Phi) is 7.28. The lowest BCUT2D eigenvalue weighted by Crippen LogP contribution is -2.37. The van der Waals surface area contributed by atoms with Crippen molar-refractivity contribution in [2.75, 3.05) is 52.6 Å². The van der Waals surface area contributed by atoms with Gasteiger partial charge in [-0.15, -0.1) is 0 Å². The fourth-order valence-corrected chi connectivity index (χ4v) is 1.26. The molecule has 0 atom stereocenters. The van der Waals surface area contributed by atoms with Crippen molar-refractivity contribution >= 4 is 11.8 Å². The Hall–Kier alpha value is -1.18. The minimum absolute atomic E-state index is 0.0234. The van der Waals surface area contributed by atoms with Gasteiger partial charge < -0.3 is 25.4 Å². The minimum atomic E-state index is -0.143. The zero-order chi connectivity index (χ0) is 12.3. The lowest BCUT2D eigenvalue weighted by molar-refractivity contribution is -0.129. The van der Waals surface area contributed by atoms with E-state index in [1.807, 2.05) is 0 Å². The van der Waals surface area contributed by atoms with Crippen LogP contribution in [0.25, 0.3) is 0 Å². The van der Waals surface area contributed by atoms with Crippen LogP contribution in [-0.4, -0.2) is 64.4 Å². The van der Waals surface area contributed by atoms with Crippen LogP contribution in [0.5, 0.6) is 0 Å². The van der Waals surface area contributed by atoms with Gasteiger partial charge >= 0.3 is 0 Å². The van der Waals surface area contributed by atoms with Gasteiger partial charge in [0.2, 0.25) is 11.8 Å². The second-order valence-electron chi connectivity index (χ2n) is 3.56. The summed E-state index contributed by atoms with van der Waals surface area (Å²) < 4.78 is 10.1. The van der Waals surface area contributed by atoms with E-state index in [2.05, 4.69) is 16.0 Å². The average molecular weight is 245 g/mol. The second kappa shape index (κ2) is 8.91. The van der Waals surface area contributed by atoms with Crippen molar-refractivity contribution in [3.05, 3.63) is 0 Å². The Labute approximate surface area is 100 Å².